The lowest BCUT2D eigenvalue weighted by Crippen LogP contribution is -2.36. The van der Waals surface area contributed by atoms with Gasteiger partial charge in [-0.25, -0.2) is 4.79 Å². The Bertz CT molecular complexity index is 672. The second-order valence-electron chi connectivity index (χ2n) is 6.01. The topological polar surface area (TPSA) is 111 Å². The van der Waals surface area contributed by atoms with Crippen molar-refractivity contribution in [3.8, 4) is 0 Å². The third-order valence-electron chi connectivity index (χ3n) is 4.11. The van der Waals surface area contributed by atoms with Gasteiger partial charge < -0.3 is 19.7 Å². The number of hydrogen-bond acceptors (Lipinski definition) is 7. The molecule has 0 bridgehead atoms. The van der Waals surface area contributed by atoms with E-state index in [1.165, 1.54) is 18.2 Å². The second-order valence-corrected chi connectivity index (χ2v) is 6.01. The van der Waals surface area contributed by atoms with Crippen LogP contribution in [0.4, 0.5) is 11.4 Å². The predicted octanol–water partition coefficient (Wildman–Crippen LogP) is 1.50. The highest BCUT2D eigenvalue weighted by molar-refractivity contribution is 5.93. The summed E-state index contributed by atoms with van der Waals surface area (Å²) in [5.41, 5.74) is 0.291. The van der Waals surface area contributed by atoms with E-state index in [1.807, 2.05) is 18.7 Å². The van der Waals surface area contributed by atoms with Gasteiger partial charge >= 0.3 is 5.97 Å². The van der Waals surface area contributed by atoms with Crippen LogP contribution in [0.2, 0.25) is 0 Å². The average molecular weight is 365 g/mol. The van der Waals surface area contributed by atoms with Crippen LogP contribution >= 0.6 is 0 Å². The minimum Gasteiger partial charge on any atom is -0.452 e. The fraction of sp³-hybridized carbons (Fsp3) is 0.529. The lowest BCUT2D eigenvalue weighted by Gasteiger charge is -2.28. The Morgan fingerprint density at radius 3 is 2.69 bits per heavy atom. The van der Waals surface area contributed by atoms with E-state index in [9.17, 15) is 19.7 Å². The van der Waals surface area contributed by atoms with Gasteiger partial charge in [0.05, 0.1) is 23.7 Å². The molecule has 142 valence electrons. The van der Waals surface area contributed by atoms with Crippen molar-refractivity contribution in [3.63, 3.8) is 0 Å². The van der Waals surface area contributed by atoms with Crippen molar-refractivity contribution in [3.05, 3.63) is 33.9 Å². The van der Waals surface area contributed by atoms with Gasteiger partial charge in [-0.1, -0.05) is 6.92 Å². The Balaban J connectivity index is 2.07. The third kappa shape index (κ3) is 5.16. The van der Waals surface area contributed by atoms with E-state index >= 15 is 0 Å². The van der Waals surface area contributed by atoms with E-state index in [1.54, 1.807) is 0 Å². The smallest absolute Gasteiger partial charge is 0.338 e. The van der Waals surface area contributed by atoms with Gasteiger partial charge in [-0.2, -0.15) is 0 Å². The Hall–Kier alpha value is -2.68. The number of morpholine rings is 1. The first kappa shape index (κ1) is 19.6. The van der Waals surface area contributed by atoms with Gasteiger partial charge in [0.15, 0.2) is 6.61 Å². The van der Waals surface area contributed by atoms with Crippen molar-refractivity contribution in [2.45, 2.75) is 26.3 Å². The molecule has 26 heavy (non-hydrogen) atoms. The van der Waals surface area contributed by atoms with E-state index in [2.05, 4.69) is 5.32 Å². The molecule has 1 aliphatic heterocycles. The summed E-state index contributed by atoms with van der Waals surface area (Å²) in [5.74, 6) is -1.19. The molecular weight excluding hydrogens is 342 g/mol. The molecule has 0 unspecified atom stereocenters. The summed E-state index contributed by atoms with van der Waals surface area (Å²) < 4.78 is 10.2. The molecular formula is C17H23N3O6. The summed E-state index contributed by atoms with van der Waals surface area (Å²) in [6, 6.07) is 4.15. The summed E-state index contributed by atoms with van der Waals surface area (Å²) in [6.45, 7) is 5.40. The first-order chi connectivity index (χ1) is 12.4. The number of nitro benzene ring substituents is 1. The van der Waals surface area contributed by atoms with Gasteiger partial charge in [0.25, 0.3) is 11.6 Å². The molecule has 0 radical (unpaired) electrons. The summed E-state index contributed by atoms with van der Waals surface area (Å²) in [5, 5.41) is 14.1. The molecule has 1 saturated heterocycles. The summed E-state index contributed by atoms with van der Waals surface area (Å²) in [6.07, 6.45) is 0.759. The molecule has 1 amide bonds. The maximum absolute atomic E-state index is 12.1. The molecule has 0 saturated carbocycles. The monoisotopic (exact) mass is 365 g/mol. The Labute approximate surface area is 151 Å². The lowest BCUT2D eigenvalue weighted by atomic mass is 10.1. The number of carbonyl (C=O) groups is 2. The SMILES string of the molecule is CC[C@@H](C)NC(=O)COC(=O)c1ccc(N2CCOCC2)c([N+](=O)[O-])c1. The molecule has 1 atom stereocenters. The predicted molar refractivity (Wildman–Crippen MR) is 94.3 cm³/mol. The van der Waals surface area contributed by atoms with Crippen molar-refractivity contribution in [1.82, 2.24) is 5.32 Å². The van der Waals surface area contributed by atoms with Crippen molar-refractivity contribution >= 4 is 23.3 Å². The number of anilines is 1. The number of ether oxygens (including phenoxy) is 2. The molecule has 1 heterocycles. The number of hydrogen-bond donors (Lipinski definition) is 1. The highest BCUT2D eigenvalue weighted by Gasteiger charge is 2.24. The number of rotatable bonds is 7. The van der Waals surface area contributed by atoms with Crippen LogP contribution in [0.25, 0.3) is 0 Å². The van der Waals surface area contributed by atoms with Gasteiger partial charge in [-0.3, -0.25) is 14.9 Å². The molecule has 0 spiro atoms. The van der Waals surface area contributed by atoms with E-state index < -0.39 is 23.4 Å². The molecule has 0 aliphatic carbocycles. The third-order valence-corrected chi connectivity index (χ3v) is 4.11. The standard InChI is InChI=1S/C17H23N3O6/c1-3-12(2)18-16(21)11-26-17(22)13-4-5-14(15(10-13)20(23)24)19-6-8-25-9-7-19/h4-5,10,12H,3,6-9,11H2,1-2H3,(H,18,21)/t12-/m1/s1. The normalized spacial score (nSPS) is 15.2. The molecule has 9 nitrogen and oxygen atoms in total. The Morgan fingerprint density at radius 1 is 1.38 bits per heavy atom. The van der Waals surface area contributed by atoms with Gasteiger partial charge in [0.2, 0.25) is 0 Å². The van der Waals surface area contributed by atoms with Gasteiger partial charge in [-0.05, 0) is 25.5 Å². The minimum atomic E-state index is -0.777. The maximum atomic E-state index is 12.1. The molecule has 1 aliphatic rings. The van der Waals surface area contributed by atoms with Crippen LogP contribution in [0.15, 0.2) is 18.2 Å². The number of nitro groups is 1. The largest absolute Gasteiger partial charge is 0.452 e. The highest BCUT2D eigenvalue weighted by Crippen LogP contribution is 2.30. The fourth-order valence-electron chi connectivity index (χ4n) is 2.50. The first-order valence-corrected chi connectivity index (χ1v) is 8.50. The number of nitrogens with one attached hydrogen (secondary N) is 1. The molecule has 9 heteroatoms. The van der Waals surface area contributed by atoms with E-state index in [4.69, 9.17) is 9.47 Å². The second kappa shape index (κ2) is 9.14. The van der Waals surface area contributed by atoms with Crippen LogP contribution in [-0.2, 0) is 14.3 Å². The van der Waals surface area contributed by atoms with Crippen molar-refractivity contribution in [2.75, 3.05) is 37.8 Å². The number of carbonyl (C=O) groups excluding carboxylic acids is 2. The van der Waals surface area contributed by atoms with Crippen LogP contribution < -0.4 is 10.2 Å². The molecule has 1 N–H and O–H groups in total. The molecule has 1 aromatic carbocycles. The van der Waals surface area contributed by atoms with Crippen molar-refractivity contribution in [1.29, 1.82) is 0 Å². The zero-order chi connectivity index (χ0) is 19.1. The minimum absolute atomic E-state index is 0.0184. The van der Waals surface area contributed by atoms with Gasteiger partial charge in [0.1, 0.15) is 5.69 Å². The molecule has 1 aromatic rings. The zero-order valence-electron chi connectivity index (χ0n) is 14.9. The van der Waals surface area contributed by atoms with E-state index in [0.29, 0.717) is 32.0 Å². The first-order valence-electron chi connectivity index (χ1n) is 8.50. The lowest BCUT2D eigenvalue weighted by molar-refractivity contribution is -0.384. The fourth-order valence-corrected chi connectivity index (χ4v) is 2.50. The molecule has 0 aromatic heterocycles. The number of benzene rings is 1. The zero-order valence-corrected chi connectivity index (χ0v) is 14.9. The quantitative estimate of drug-likeness (QED) is 0.443. The molecule has 1 fully saturated rings. The number of esters is 1. The van der Waals surface area contributed by atoms with E-state index in [0.717, 1.165) is 6.42 Å². The van der Waals surface area contributed by atoms with Crippen LogP contribution in [0, 0.1) is 10.1 Å². The van der Waals surface area contributed by atoms with Crippen LogP contribution in [0.1, 0.15) is 30.6 Å². The van der Waals surface area contributed by atoms with Crippen molar-refractivity contribution < 1.29 is 24.0 Å². The van der Waals surface area contributed by atoms with Crippen LogP contribution in [-0.4, -0.2) is 55.8 Å². The van der Waals surface area contributed by atoms with E-state index in [-0.39, 0.29) is 17.3 Å². The maximum Gasteiger partial charge on any atom is 0.338 e. The van der Waals surface area contributed by atoms with Crippen molar-refractivity contribution in [2.24, 2.45) is 0 Å². The highest BCUT2D eigenvalue weighted by atomic mass is 16.6. The number of amides is 1. The summed E-state index contributed by atoms with van der Waals surface area (Å²) >= 11 is 0. The van der Waals surface area contributed by atoms with Gasteiger partial charge in [0, 0.05) is 25.2 Å². The summed E-state index contributed by atoms with van der Waals surface area (Å²) in [7, 11) is 0. The number of nitrogens with zero attached hydrogens (tertiary/aromatic N) is 2. The Kier molecular flexibility index (Phi) is 6.90. The van der Waals surface area contributed by atoms with Gasteiger partial charge in [-0.15, -0.1) is 0 Å². The molecule has 2 rings (SSSR count). The average Bonchev–Trinajstić information content (AvgIpc) is 2.66. The van der Waals surface area contributed by atoms with Crippen LogP contribution in [0.5, 0.6) is 0 Å². The van der Waals surface area contributed by atoms with Crippen LogP contribution in [0.3, 0.4) is 0 Å². The Morgan fingerprint density at radius 2 is 2.08 bits per heavy atom. The summed E-state index contributed by atoms with van der Waals surface area (Å²) in [4.78, 5) is 36.5.